The third kappa shape index (κ3) is 7.80. The number of nitrogen functional groups attached to an aromatic ring is 1. The number of nitrogens with one attached hydrogen (secondary N) is 1. The van der Waals surface area contributed by atoms with Crippen LogP contribution < -0.4 is 11.1 Å². The van der Waals surface area contributed by atoms with Crippen LogP contribution in [0.2, 0.25) is 10.0 Å². The van der Waals surface area contributed by atoms with E-state index in [9.17, 15) is 5.11 Å². The summed E-state index contributed by atoms with van der Waals surface area (Å²) in [4.78, 5) is 0. The Bertz CT molecular complexity index is 750. The van der Waals surface area contributed by atoms with Crippen LogP contribution in [0.15, 0.2) is 42.5 Å². The predicted octanol–water partition coefficient (Wildman–Crippen LogP) is 3.85. The smallest absolute Gasteiger partial charge is 0.107 e. The van der Waals surface area contributed by atoms with Gasteiger partial charge in [0.2, 0.25) is 0 Å². The SMILES string of the molecule is Nc1c(Cl)cc(C(O)CNCCC#CCOCCc2ccccc2)cc1Cl. The molecule has 0 aliphatic heterocycles. The second-order valence-corrected chi connectivity index (χ2v) is 6.82. The minimum Gasteiger partial charge on any atom is -0.396 e. The van der Waals surface area contributed by atoms with Gasteiger partial charge in [0.25, 0.3) is 0 Å². The van der Waals surface area contributed by atoms with Crippen LogP contribution in [0.25, 0.3) is 0 Å². The van der Waals surface area contributed by atoms with Crippen LogP contribution in [-0.4, -0.2) is 31.4 Å². The molecule has 4 nitrogen and oxygen atoms in total. The van der Waals surface area contributed by atoms with Crippen molar-refractivity contribution in [2.75, 3.05) is 32.0 Å². The number of hydrogen-bond donors (Lipinski definition) is 3. The average molecular weight is 407 g/mol. The summed E-state index contributed by atoms with van der Waals surface area (Å²) in [6, 6.07) is 13.5. The highest BCUT2D eigenvalue weighted by Gasteiger charge is 2.11. The summed E-state index contributed by atoms with van der Waals surface area (Å²) in [5.41, 5.74) is 7.91. The normalized spacial score (nSPS) is 11.7. The van der Waals surface area contributed by atoms with E-state index < -0.39 is 6.10 Å². The molecule has 4 N–H and O–H groups in total. The van der Waals surface area contributed by atoms with Gasteiger partial charge in [0, 0.05) is 19.5 Å². The third-order valence-corrected chi connectivity index (χ3v) is 4.55. The highest BCUT2D eigenvalue weighted by Crippen LogP contribution is 2.31. The van der Waals surface area contributed by atoms with Crippen molar-refractivity contribution in [2.24, 2.45) is 0 Å². The summed E-state index contributed by atoms with van der Waals surface area (Å²) < 4.78 is 5.50. The van der Waals surface area contributed by atoms with Gasteiger partial charge in [-0.05, 0) is 29.7 Å². The molecule has 0 amide bonds. The second-order valence-electron chi connectivity index (χ2n) is 6.01. The van der Waals surface area contributed by atoms with Crippen LogP contribution >= 0.6 is 23.2 Å². The first-order chi connectivity index (χ1) is 13.1. The van der Waals surface area contributed by atoms with E-state index in [0.29, 0.717) is 54.0 Å². The van der Waals surface area contributed by atoms with Crippen molar-refractivity contribution in [2.45, 2.75) is 18.9 Å². The molecule has 0 bridgehead atoms. The molecule has 27 heavy (non-hydrogen) atoms. The quantitative estimate of drug-likeness (QED) is 0.336. The standard InChI is InChI=1S/C21H24Cl2N2O2/c22-18-13-17(14-19(23)21(18)24)20(26)15-25-10-5-2-6-11-27-12-9-16-7-3-1-4-8-16/h1,3-4,7-8,13-14,20,25-26H,5,9-12,15,24H2. The van der Waals surface area contributed by atoms with Crippen LogP contribution in [0.5, 0.6) is 0 Å². The Balaban J connectivity index is 1.56. The zero-order chi connectivity index (χ0) is 19.5. The van der Waals surface area contributed by atoms with E-state index in [1.165, 1.54) is 5.56 Å². The Morgan fingerprint density at radius 1 is 1.11 bits per heavy atom. The monoisotopic (exact) mass is 406 g/mol. The molecule has 0 aliphatic rings. The summed E-state index contributed by atoms with van der Waals surface area (Å²) in [6.07, 6.45) is 0.856. The Morgan fingerprint density at radius 3 is 2.52 bits per heavy atom. The number of nitrogens with two attached hydrogens (primary N) is 1. The molecule has 1 unspecified atom stereocenters. The van der Waals surface area contributed by atoms with Crippen LogP contribution in [0, 0.1) is 11.8 Å². The Kier molecular flexibility index (Phi) is 9.47. The van der Waals surface area contributed by atoms with E-state index >= 15 is 0 Å². The average Bonchev–Trinajstić information content (AvgIpc) is 2.67. The van der Waals surface area contributed by atoms with Crippen LogP contribution in [-0.2, 0) is 11.2 Å². The third-order valence-electron chi connectivity index (χ3n) is 3.93. The lowest BCUT2D eigenvalue weighted by atomic mass is 10.1. The van der Waals surface area contributed by atoms with Crippen LogP contribution in [0.1, 0.15) is 23.7 Å². The largest absolute Gasteiger partial charge is 0.396 e. The molecular weight excluding hydrogens is 383 g/mol. The molecule has 0 aliphatic carbocycles. The van der Waals surface area contributed by atoms with Crippen molar-refractivity contribution in [3.8, 4) is 11.8 Å². The summed E-state index contributed by atoms with van der Waals surface area (Å²) in [6.45, 7) is 2.14. The van der Waals surface area contributed by atoms with E-state index in [0.717, 1.165) is 6.42 Å². The van der Waals surface area contributed by atoms with Gasteiger partial charge in [0.05, 0.1) is 28.4 Å². The molecule has 6 heteroatoms. The topological polar surface area (TPSA) is 67.5 Å². The molecule has 2 aromatic rings. The summed E-state index contributed by atoms with van der Waals surface area (Å²) in [5, 5.41) is 14.0. The number of hydrogen-bond acceptors (Lipinski definition) is 4. The molecule has 144 valence electrons. The maximum atomic E-state index is 10.2. The van der Waals surface area contributed by atoms with Gasteiger partial charge in [-0.25, -0.2) is 0 Å². The molecule has 0 spiro atoms. The Hall–Kier alpha value is -1.74. The minimum atomic E-state index is -0.713. The zero-order valence-electron chi connectivity index (χ0n) is 15.1. The molecule has 2 rings (SSSR count). The molecule has 0 saturated heterocycles. The molecule has 0 aromatic heterocycles. The number of aliphatic hydroxyl groups is 1. The number of aliphatic hydroxyl groups excluding tert-OH is 1. The van der Waals surface area contributed by atoms with Crippen LogP contribution in [0.3, 0.4) is 0 Å². The van der Waals surface area contributed by atoms with E-state index in [4.69, 9.17) is 33.7 Å². The maximum absolute atomic E-state index is 10.2. The fourth-order valence-electron chi connectivity index (χ4n) is 2.40. The van der Waals surface area contributed by atoms with Gasteiger partial charge in [-0.1, -0.05) is 65.4 Å². The molecule has 0 radical (unpaired) electrons. The van der Waals surface area contributed by atoms with Gasteiger partial charge in [-0.15, -0.1) is 0 Å². The first-order valence-electron chi connectivity index (χ1n) is 8.78. The Morgan fingerprint density at radius 2 is 1.81 bits per heavy atom. The number of halogens is 2. The minimum absolute atomic E-state index is 0.323. The molecule has 2 aromatic carbocycles. The molecule has 0 heterocycles. The number of benzene rings is 2. The van der Waals surface area contributed by atoms with E-state index in [1.54, 1.807) is 12.1 Å². The lowest BCUT2D eigenvalue weighted by Crippen LogP contribution is -2.22. The number of rotatable bonds is 9. The van der Waals surface area contributed by atoms with Gasteiger partial charge in [-0.3, -0.25) is 0 Å². The number of anilines is 1. The highest BCUT2D eigenvalue weighted by atomic mass is 35.5. The summed E-state index contributed by atoms with van der Waals surface area (Å²) in [5.74, 6) is 6.03. The fourth-order valence-corrected chi connectivity index (χ4v) is 2.91. The maximum Gasteiger partial charge on any atom is 0.107 e. The summed E-state index contributed by atoms with van der Waals surface area (Å²) in [7, 11) is 0. The highest BCUT2D eigenvalue weighted by molar-refractivity contribution is 6.38. The van der Waals surface area contributed by atoms with Gasteiger partial charge in [0.1, 0.15) is 6.61 Å². The lowest BCUT2D eigenvalue weighted by molar-refractivity contribution is 0.170. The predicted molar refractivity (Wildman–Crippen MR) is 112 cm³/mol. The van der Waals surface area contributed by atoms with Crippen molar-refractivity contribution in [1.82, 2.24) is 5.32 Å². The van der Waals surface area contributed by atoms with Crippen molar-refractivity contribution in [3.05, 3.63) is 63.6 Å². The van der Waals surface area contributed by atoms with Crippen molar-refractivity contribution < 1.29 is 9.84 Å². The Labute approximate surface area is 170 Å². The van der Waals surface area contributed by atoms with E-state index in [2.05, 4.69) is 29.3 Å². The van der Waals surface area contributed by atoms with Crippen molar-refractivity contribution >= 4 is 28.9 Å². The first kappa shape index (κ1) is 21.6. The van der Waals surface area contributed by atoms with Gasteiger partial charge < -0.3 is 20.9 Å². The summed E-state index contributed by atoms with van der Waals surface area (Å²) >= 11 is 12.0. The van der Waals surface area contributed by atoms with Gasteiger partial charge in [0.15, 0.2) is 0 Å². The zero-order valence-corrected chi connectivity index (χ0v) is 16.6. The van der Waals surface area contributed by atoms with Crippen LogP contribution in [0.4, 0.5) is 5.69 Å². The first-order valence-corrected chi connectivity index (χ1v) is 9.54. The van der Waals surface area contributed by atoms with Gasteiger partial charge >= 0.3 is 0 Å². The number of ether oxygens (including phenoxy) is 1. The van der Waals surface area contributed by atoms with Crippen molar-refractivity contribution in [1.29, 1.82) is 0 Å². The fraction of sp³-hybridized carbons (Fsp3) is 0.333. The molecule has 0 fully saturated rings. The van der Waals surface area contributed by atoms with E-state index in [1.807, 2.05) is 18.2 Å². The van der Waals surface area contributed by atoms with Crippen molar-refractivity contribution in [3.63, 3.8) is 0 Å². The molecular formula is C21H24Cl2N2O2. The van der Waals surface area contributed by atoms with Gasteiger partial charge in [-0.2, -0.15) is 0 Å². The molecule has 1 atom stereocenters. The van der Waals surface area contributed by atoms with E-state index in [-0.39, 0.29) is 0 Å². The second kappa shape index (κ2) is 11.9. The molecule has 0 saturated carbocycles. The lowest BCUT2D eigenvalue weighted by Gasteiger charge is -2.13.